The van der Waals surface area contributed by atoms with Crippen LogP contribution in [0.15, 0.2) is 16.6 Å². The molecule has 0 spiro atoms. The lowest BCUT2D eigenvalue weighted by Crippen LogP contribution is -2.38. The van der Waals surface area contributed by atoms with Crippen molar-refractivity contribution in [2.24, 2.45) is 0 Å². The summed E-state index contributed by atoms with van der Waals surface area (Å²) in [6.45, 7) is 6.39. The summed E-state index contributed by atoms with van der Waals surface area (Å²) >= 11 is 3.24. The van der Waals surface area contributed by atoms with Crippen molar-refractivity contribution in [3.63, 3.8) is 0 Å². The minimum Gasteiger partial charge on any atom is -0.444 e. The van der Waals surface area contributed by atoms with Gasteiger partial charge in [-0.3, -0.25) is 4.98 Å². The van der Waals surface area contributed by atoms with E-state index < -0.39 is 17.2 Å². The van der Waals surface area contributed by atoms with E-state index in [9.17, 15) is 13.6 Å². The predicted octanol–water partition coefficient (Wildman–Crippen LogP) is 4.61. The molecule has 0 saturated carbocycles. The first-order valence-electron chi connectivity index (χ1n) is 8.09. The maximum Gasteiger partial charge on any atom is 0.410 e. The Morgan fingerprint density at radius 2 is 1.92 bits per heavy atom. The molecule has 1 aromatic heterocycles. The largest absolute Gasteiger partial charge is 0.444 e. The summed E-state index contributed by atoms with van der Waals surface area (Å²) in [5.41, 5.74) is 1.46. The van der Waals surface area contributed by atoms with Crippen LogP contribution in [-0.4, -0.2) is 34.7 Å². The topological polar surface area (TPSA) is 42.4 Å². The number of hydrogen-bond donors (Lipinski definition) is 0. The van der Waals surface area contributed by atoms with Crippen LogP contribution in [0.4, 0.5) is 13.6 Å². The third-order valence-electron chi connectivity index (χ3n) is 4.04. The quantitative estimate of drug-likeness (QED) is 0.593. The fraction of sp³-hybridized carbons (Fsp3) is 0.444. The standard InChI is InChI=1S/C18H19BrF2N2O2/c1-18(2,3)25-17(24)23-6-4-10-8-11-15(21)13(20)9-12(19)16(11)22-14(10)5-7-23/h8-9H,4-7H2,1-3H3. The summed E-state index contributed by atoms with van der Waals surface area (Å²) < 4.78 is 33.6. The van der Waals surface area contributed by atoms with Gasteiger partial charge in [-0.05, 0) is 60.8 Å². The summed E-state index contributed by atoms with van der Waals surface area (Å²) in [7, 11) is 0. The highest BCUT2D eigenvalue weighted by molar-refractivity contribution is 9.10. The van der Waals surface area contributed by atoms with Crippen LogP contribution in [0.5, 0.6) is 0 Å². The molecule has 1 aliphatic heterocycles. The van der Waals surface area contributed by atoms with Crippen molar-refractivity contribution >= 4 is 32.9 Å². The van der Waals surface area contributed by atoms with Crippen LogP contribution in [0.25, 0.3) is 10.9 Å². The number of carbonyl (C=O) groups is 1. The highest BCUT2D eigenvalue weighted by Gasteiger charge is 2.25. The Bertz CT molecular complexity index is 849. The van der Waals surface area contributed by atoms with E-state index in [1.807, 2.05) is 20.8 Å². The normalized spacial score (nSPS) is 15.0. The van der Waals surface area contributed by atoms with Crippen LogP contribution in [0.2, 0.25) is 0 Å². The molecule has 1 amide bonds. The monoisotopic (exact) mass is 412 g/mol. The van der Waals surface area contributed by atoms with Crippen molar-refractivity contribution in [2.45, 2.75) is 39.2 Å². The number of benzene rings is 1. The Morgan fingerprint density at radius 3 is 2.60 bits per heavy atom. The number of nitrogens with zero attached hydrogens (tertiary/aromatic N) is 2. The third kappa shape index (κ3) is 3.76. The smallest absolute Gasteiger partial charge is 0.410 e. The van der Waals surface area contributed by atoms with Gasteiger partial charge in [0, 0.05) is 35.1 Å². The Hall–Kier alpha value is -1.76. The Balaban J connectivity index is 1.92. The molecule has 134 valence electrons. The van der Waals surface area contributed by atoms with E-state index in [-0.39, 0.29) is 11.5 Å². The van der Waals surface area contributed by atoms with Crippen LogP contribution in [0.3, 0.4) is 0 Å². The van der Waals surface area contributed by atoms with Crippen molar-refractivity contribution < 1.29 is 18.3 Å². The Morgan fingerprint density at radius 1 is 1.24 bits per heavy atom. The van der Waals surface area contributed by atoms with Gasteiger partial charge in [-0.2, -0.15) is 0 Å². The number of ether oxygens (including phenoxy) is 1. The number of pyridine rings is 1. The summed E-state index contributed by atoms with van der Waals surface area (Å²) in [5, 5.41) is 0.149. The van der Waals surface area contributed by atoms with E-state index in [0.29, 0.717) is 35.9 Å². The van der Waals surface area contributed by atoms with Gasteiger partial charge in [-0.1, -0.05) is 0 Å². The number of amides is 1. The molecule has 2 aromatic rings. The Kier molecular flexibility index (Phi) is 4.70. The molecule has 0 atom stereocenters. The molecule has 0 radical (unpaired) electrons. The molecule has 0 aliphatic carbocycles. The first-order valence-corrected chi connectivity index (χ1v) is 8.89. The highest BCUT2D eigenvalue weighted by Crippen LogP contribution is 2.30. The second-order valence-corrected chi connectivity index (χ2v) is 7.97. The van der Waals surface area contributed by atoms with Crippen LogP contribution in [0, 0.1) is 11.6 Å². The second-order valence-electron chi connectivity index (χ2n) is 7.11. The molecule has 4 nitrogen and oxygen atoms in total. The average Bonchev–Trinajstić information content (AvgIpc) is 2.72. The molecular weight excluding hydrogens is 394 g/mol. The summed E-state index contributed by atoms with van der Waals surface area (Å²) in [5.74, 6) is -1.81. The molecule has 0 unspecified atom stereocenters. The molecular formula is C18H19BrF2N2O2. The molecule has 1 aliphatic rings. The van der Waals surface area contributed by atoms with E-state index in [2.05, 4.69) is 20.9 Å². The zero-order chi connectivity index (χ0) is 18.4. The van der Waals surface area contributed by atoms with Crippen molar-refractivity contribution in [2.75, 3.05) is 13.1 Å². The van der Waals surface area contributed by atoms with Gasteiger partial charge in [0.25, 0.3) is 0 Å². The fourth-order valence-corrected chi connectivity index (χ4v) is 3.37. The number of rotatable bonds is 0. The van der Waals surface area contributed by atoms with Crippen molar-refractivity contribution in [1.82, 2.24) is 9.88 Å². The molecule has 0 bridgehead atoms. The maximum atomic E-state index is 14.1. The van der Waals surface area contributed by atoms with E-state index in [4.69, 9.17) is 4.74 Å². The van der Waals surface area contributed by atoms with Gasteiger partial charge in [-0.15, -0.1) is 0 Å². The van der Waals surface area contributed by atoms with Gasteiger partial charge in [0.2, 0.25) is 0 Å². The van der Waals surface area contributed by atoms with Gasteiger partial charge in [0.15, 0.2) is 11.6 Å². The summed E-state index contributed by atoms with van der Waals surface area (Å²) in [4.78, 5) is 18.4. The lowest BCUT2D eigenvalue weighted by molar-refractivity contribution is 0.0258. The van der Waals surface area contributed by atoms with Crippen LogP contribution in [0.1, 0.15) is 32.0 Å². The van der Waals surface area contributed by atoms with Crippen LogP contribution >= 0.6 is 15.9 Å². The third-order valence-corrected chi connectivity index (χ3v) is 4.64. The number of aromatic nitrogens is 1. The summed E-state index contributed by atoms with van der Waals surface area (Å²) in [6.07, 6.45) is 0.685. The first-order chi connectivity index (χ1) is 11.7. The minimum atomic E-state index is -0.912. The zero-order valence-electron chi connectivity index (χ0n) is 14.3. The number of carbonyl (C=O) groups excluding carboxylic acids is 1. The number of hydrogen-bond acceptors (Lipinski definition) is 3. The van der Waals surface area contributed by atoms with Crippen molar-refractivity contribution in [1.29, 1.82) is 0 Å². The Labute approximate surface area is 153 Å². The van der Waals surface area contributed by atoms with E-state index >= 15 is 0 Å². The SMILES string of the molecule is CC(C)(C)OC(=O)N1CCc2cc3c(F)c(F)cc(Br)c3nc2CC1. The molecule has 0 saturated heterocycles. The van der Waals surface area contributed by atoms with E-state index in [0.717, 1.165) is 17.3 Å². The number of fused-ring (bicyclic) bond motifs is 2. The average molecular weight is 413 g/mol. The lowest BCUT2D eigenvalue weighted by atomic mass is 10.1. The van der Waals surface area contributed by atoms with Gasteiger partial charge in [0.05, 0.1) is 5.52 Å². The minimum absolute atomic E-state index is 0.149. The molecule has 1 aromatic carbocycles. The summed E-state index contributed by atoms with van der Waals surface area (Å²) in [6, 6.07) is 2.72. The number of halogens is 3. The van der Waals surface area contributed by atoms with E-state index in [1.54, 1.807) is 11.0 Å². The van der Waals surface area contributed by atoms with Gasteiger partial charge < -0.3 is 9.64 Å². The molecule has 25 heavy (non-hydrogen) atoms. The van der Waals surface area contributed by atoms with E-state index in [1.165, 1.54) is 0 Å². The highest BCUT2D eigenvalue weighted by atomic mass is 79.9. The van der Waals surface area contributed by atoms with Gasteiger partial charge in [0.1, 0.15) is 5.60 Å². The predicted molar refractivity (Wildman–Crippen MR) is 94.6 cm³/mol. The second kappa shape index (κ2) is 6.52. The fourth-order valence-electron chi connectivity index (χ4n) is 2.86. The molecule has 2 heterocycles. The van der Waals surface area contributed by atoms with Gasteiger partial charge in [-0.25, -0.2) is 13.6 Å². The van der Waals surface area contributed by atoms with Crippen LogP contribution in [-0.2, 0) is 17.6 Å². The van der Waals surface area contributed by atoms with Crippen molar-refractivity contribution in [3.05, 3.63) is 39.5 Å². The molecule has 0 fully saturated rings. The van der Waals surface area contributed by atoms with Crippen molar-refractivity contribution in [3.8, 4) is 0 Å². The molecule has 7 heteroatoms. The van der Waals surface area contributed by atoms with Crippen LogP contribution < -0.4 is 0 Å². The molecule has 3 rings (SSSR count). The zero-order valence-corrected chi connectivity index (χ0v) is 15.9. The maximum absolute atomic E-state index is 14.1. The lowest BCUT2D eigenvalue weighted by Gasteiger charge is -2.26. The first kappa shape index (κ1) is 18.0. The van der Waals surface area contributed by atoms with Gasteiger partial charge >= 0.3 is 6.09 Å². The molecule has 0 N–H and O–H groups in total.